The number of benzene rings is 2. The summed E-state index contributed by atoms with van der Waals surface area (Å²) in [6.07, 6.45) is 3.63. The van der Waals surface area contributed by atoms with Crippen molar-refractivity contribution in [2.75, 3.05) is 17.6 Å². The second kappa shape index (κ2) is 8.76. The van der Waals surface area contributed by atoms with Gasteiger partial charge in [-0.2, -0.15) is 0 Å². The predicted octanol–water partition coefficient (Wildman–Crippen LogP) is 5.65. The lowest BCUT2D eigenvalue weighted by molar-refractivity contribution is -0.113. The van der Waals surface area contributed by atoms with Gasteiger partial charge in [-0.3, -0.25) is 4.79 Å². The summed E-state index contributed by atoms with van der Waals surface area (Å²) >= 11 is 7.04. The van der Waals surface area contributed by atoms with E-state index < -0.39 is 0 Å². The third-order valence-electron chi connectivity index (χ3n) is 5.74. The van der Waals surface area contributed by atoms with Gasteiger partial charge in [-0.15, -0.1) is 0 Å². The Kier molecular flexibility index (Phi) is 6.11. The molecule has 3 aromatic rings. The van der Waals surface area contributed by atoms with Crippen LogP contribution in [0.5, 0.6) is 0 Å². The molecule has 6 heteroatoms. The third-order valence-corrected chi connectivity index (χ3v) is 7.21. The van der Waals surface area contributed by atoms with Gasteiger partial charge in [0.2, 0.25) is 5.91 Å². The fourth-order valence-corrected chi connectivity index (χ4v) is 5.46. The zero-order valence-corrected chi connectivity index (χ0v) is 18.6. The monoisotopic (exact) mass is 425 g/mol. The normalized spacial score (nSPS) is 17.0. The average Bonchev–Trinajstić information content (AvgIpc) is 3.05. The van der Waals surface area contributed by atoms with Crippen LogP contribution in [0.2, 0.25) is 0 Å². The van der Waals surface area contributed by atoms with Crippen molar-refractivity contribution in [2.24, 2.45) is 0 Å². The molecule has 2 aromatic carbocycles. The number of hydrogen-bond acceptors (Lipinski definition) is 3. The molecule has 0 radical (unpaired) electrons. The summed E-state index contributed by atoms with van der Waals surface area (Å²) in [5, 5.41) is 5.44. The zero-order valence-electron chi connectivity index (χ0n) is 17.0. The number of nitrogens with zero attached hydrogens (tertiary/aromatic N) is 2. The molecule has 1 N–H and O–H groups in total. The SMILES string of the molecule is CCn1c2ccccc2c2cc(NC(=O)CSC(=S)N3CCCCC3C)ccc21. The Labute approximate surface area is 181 Å². The molecule has 4 rings (SSSR count). The molecule has 0 saturated carbocycles. The van der Waals surface area contributed by atoms with E-state index in [1.54, 1.807) is 0 Å². The third kappa shape index (κ3) is 4.14. The highest BCUT2D eigenvalue weighted by atomic mass is 32.2. The largest absolute Gasteiger partial charge is 0.355 e. The highest BCUT2D eigenvalue weighted by Gasteiger charge is 2.21. The van der Waals surface area contributed by atoms with E-state index in [4.69, 9.17) is 12.2 Å². The van der Waals surface area contributed by atoms with E-state index >= 15 is 0 Å². The van der Waals surface area contributed by atoms with Crippen molar-refractivity contribution in [3.63, 3.8) is 0 Å². The lowest BCUT2D eigenvalue weighted by atomic mass is 10.1. The van der Waals surface area contributed by atoms with E-state index in [9.17, 15) is 4.79 Å². The summed E-state index contributed by atoms with van der Waals surface area (Å²) in [5.41, 5.74) is 3.26. The van der Waals surface area contributed by atoms with Crippen LogP contribution in [0.3, 0.4) is 0 Å². The summed E-state index contributed by atoms with van der Waals surface area (Å²) in [4.78, 5) is 14.8. The van der Waals surface area contributed by atoms with Crippen LogP contribution in [-0.2, 0) is 11.3 Å². The molecule has 1 aromatic heterocycles. The lowest BCUT2D eigenvalue weighted by Gasteiger charge is -2.35. The van der Waals surface area contributed by atoms with Crippen molar-refractivity contribution in [1.82, 2.24) is 9.47 Å². The lowest BCUT2D eigenvalue weighted by Crippen LogP contribution is -2.40. The van der Waals surface area contributed by atoms with Gasteiger partial charge >= 0.3 is 0 Å². The summed E-state index contributed by atoms with van der Waals surface area (Å²) in [6, 6.07) is 15.1. The summed E-state index contributed by atoms with van der Waals surface area (Å²) in [5.74, 6) is 0.331. The number of aromatic nitrogens is 1. The maximum absolute atomic E-state index is 12.5. The molecule has 0 aliphatic carbocycles. The Morgan fingerprint density at radius 1 is 1.17 bits per heavy atom. The summed E-state index contributed by atoms with van der Waals surface area (Å²) in [7, 11) is 0. The van der Waals surface area contributed by atoms with Crippen LogP contribution in [0.15, 0.2) is 42.5 Å². The molecule has 29 heavy (non-hydrogen) atoms. The molecule has 2 heterocycles. The standard InChI is InChI=1S/C23H27N3OS2/c1-3-25-20-10-5-4-9-18(20)19-14-17(11-12-21(19)25)24-22(27)15-29-23(28)26-13-7-6-8-16(26)2/h4-5,9-12,14,16H,3,6-8,13,15H2,1-2H3,(H,24,27). The number of fused-ring (bicyclic) bond motifs is 3. The Morgan fingerprint density at radius 3 is 2.76 bits per heavy atom. The van der Waals surface area contributed by atoms with Gasteiger partial charge in [0.15, 0.2) is 0 Å². The Hall–Kier alpha value is -2.05. The van der Waals surface area contributed by atoms with Gasteiger partial charge in [0.25, 0.3) is 0 Å². The van der Waals surface area contributed by atoms with Gasteiger partial charge in [-0.1, -0.05) is 42.2 Å². The van der Waals surface area contributed by atoms with Crippen molar-refractivity contribution in [3.8, 4) is 0 Å². The minimum absolute atomic E-state index is 0.0133. The molecule has 152 valence electrons. The fourth-order valence-electron chi connectivity index (χ4n) is 4.25. The number of rotatable bonds is 4. The van der Waals surface area contributed by atoms with Gasteiger partial charge in [0.1, 0.15) is 4.32 Å². The van der Waals surface area contributed by atoms with Crippen LogP contribution < -0.4 is 5.32 Å². The first-order chi connectivity index (χ1) is 14.1. The number of likely N-dealkylation sites (tertiary alicyclic amines) is 1. The quantitative estimate of drug-likeness (QED) is 0.549. The van der Waals surface area contributed by atoms with Gasteiger partial charge in [-0.25, -0.2) is 0 Å². The Morgan fingerprint density at radius 2 is 1.97 bits per heavy atom. The first-order valence-electron chi connectivity index (χ1n) is 10.3. The smallest absolute Gasteiger partial charge is 0.234 e. The van der Waals surface area contributed by atoms with Crippen LogP contribution >= 0.6 is 24.0 Å². The first-order valence-corrected chi connectivity index (χ1v) is 11.7. The van der Waals surface area contributed by atoms with E-state index in [0.717, 1.165) is 23.1 Å². The molecule has 1 atom stereocenters. The van der Waals surface area contributed by atoms with Gasteiger partial charge in [-0.05, 0) is 57.4 Å². The van der Waals surface area contributed by atoms with Crippen molar-refractivity contribution in [1.29, 1.82) is 0 Å². The number of piperidine rings is 1. The van der Waals surface area contributed by atoms with Crippen LogP contribution in [0.4, 0.5) is 5.69 Å². The van der Waals surface area contributed by atoms with Crippen LogP contribution in [0.1, 0.15) is 33.1 Å². The molecule has 1 fully saturated rings. The molecule has 1 unspecified atom stereocenters. The molecule has 1 amide bonds. The molecule has 1 aliphatic heterocycles. The maximum Gasteiger partial charge on any atom is 0.234 e. The number of amides is 1. The minimum Gasteiger partial charge on any atom is -0.355 e. The summed E-state index contributed by atoms with van der Waals surface area (Å²) in [6.45, 7) is 6.30. The Balaban J connectivity index is 1.46. The average molecular weight is 426 g/mol. The zero-order chi connectivity index (χ0) is 20.4. The van der Waals surface area contributed by atoms with Gasteiger partial charge < -0.3 is 14.8 Å². The molecule has 1 aliphatic rings. The number of para-hydroxylation sites is 1. The maximum atomic E-state index is 12.5. The molecule has 1 saturated heterocycles. The first kappa shape index (κ1) is 20.2. The highest BCUT2D eigenvalue weighted by Crippen LogP contribution is 2.31. The van der Waals surface area contributed by atoms with Crippen LogP contribution in [-0.4, -0.2) is 38.0 Å². The van der Waals surface area contributed by atoms with Crippen LogP contribution in [0, 0.1) is 0 Å². The number of thioether (sulfide) groups is 1. The minimum atomic E-state index is -0.0133. The van der Waals surface area contributed by atoms with Gasteiger partial charge in [0, 0.05) is 46.6 Å². The number of nitrogens with one attached hydrogen (secondary N) is 1. The molecule has 0 bridgehead atoms. The van der Waals surface area contributed by atoms with E-state index in [2.05, 4.69) is 65.0 Å². The molecule has 0 spiro atoms. The topological polar surface area (TPSA) is 37.3 Å². The van der Waals surface area contributed by atoms with E-state index in [1.807, 2.05) is 6.07 Å². The van der Waals surface area contributed by atoms with Crippen molar-refractivity contribution >= 4 is 61.7 Å². The van der Waals surface area contributed by atoms with Crippen molar-refractivity contribution < 1.29 is 4.79 Å². The molecular weight excluding hydrogens is 398 g/mol. The number of anilines is 1. The van der Waals surface area contributed by atoms with Gasteiger partial charge in [0.05, 0.1) is 5.75 Å². The number of carbonyl (C=O) groups is 1. The second-order valence-corrected chi connectivity index (χ2v) is 9.24. The fraction of sp³-hybridized carbons (Fsp3) is 0.391. The molecular formula is C23H27N3OS2. The van der Waals surface area contributed by atoms with E-state index in [1.165, 1.54) is 52.8 Å². The number of carbonyl (C=O) groups excluding carboxylic acids is 1. The Bertz CT molecular complexity index is 1060. The summed E-state index contributed by atoms with van der Waals surface area (Å²) < 4.78 is 3.15. The number of thiocarbonyl (C=S) groups is 1. The predicted molar refractivity (Wildman–Crippen MR) is 129 cm³/mol. The van der Waals surface area contributed by atoms with E-state index in [-0.39, 0.29) is 5.91 Å². The highest BCUT2D eigenvalue weighted by molar-refractivity contribution is 8.23. The van der Waals surface area contributed by atoms with Crippen molar-refractivity contribution in [2.45, 2.75) is 45.7 Å². The van der Waals surface area contributed by atoms with E-state index in [0.29, 0.717) is 11.8 Å². The van der Waals surface area contributed by atoms with Crippen molar-refractivity contribution in [3.05, 3.63) is 42.5 Å². The number of aryl methyl sites for hydroxylation is 1. The second-order valence-electron chi connectivity index (χ2n) is 7.63. The van der Waals surface area contributed by atoms with Crippen LogP contribution in [0.25, 0.3) is 21.8 Å². The molecule has 4 nitrogen and oxygen atoms in total. The number of hydrogen-bond donors (Lipinski definition) is 1.